The Balaban J connectivity index is 3.38. The Hall–Kier alpha value is -2.18. The van der Waals surface area contributed by atoms with Gasteiger partial charge in [0.1, 0.15) is 0 Å². The van der Waals surface area contributed by atoms with Gasteiger partial charge in [0.25, 0.3) is 0 Å². The zero-order chi connectivity index (χ0) is 54.3. The molecule has 0 heterocycles. The fourth-order valence-corrected chi connectivity index (χ4v) is 10.2. The van der Waals surface area contributed by atoms with Gasteiger partial charge in [0.2, 0.25) is 5.91 Å². The van der Waals surface area contributed by atoms with Crippen LogP contribution in [0.4, 0.5) is 0 Å². The molecule has 6 nitrogen and oxygen atoms in total. The van der Waals surface area contributed by atoms with Gasteiger partial charge in [0.05, 0.1) is 25.4 Å². The van der Waals surface area contributed by atoms with Crippen LogP contribution in [-0.2, 0) is 14.3 Å². The van der Waals surface area contributed by atoms with Crippen molar-refractivity contribution in [2.75, 3.05) is 13.2 Å². The van der Waals surface area contributed by atoms with Crippen LogP contribution in [0, 0.1) is 0 Å². The summed E-state index contributed by atoms with van der Waals surface area (Å²) < 4.78 is 5.49. The van der Waals surface area contributed by atoms with Crippen LogP contribution in [0.25, 0.3) is 0 Å². The van der Waals surface area contributed by atoms with E-state index in [1.54, 1.807) is 6.08 Å². The number of hydrogen-bond acceptors (Lipinski definition) is 5. The van der Waals surface area contributed by atoms with E-state index in [1.165, 1.54) is 276 Å². The molecule has 0 saturated heterocycles. The van der Waals surface area contributed by atoms with Crippen LogP contribution < -0.4 is 5.32 Å². The Kier molecular flexibility index (Phi) is 62.5. The maximum Gasteiger partial charge on any atom is 0.305 e. The molecule has 6 heteroatoms. The molecule has 1 amide bonds. The van der Waals surface area contributed by atoms with E-state index >= 15 is 0 Å². The SMILES string of the molecule is CCCCC/C=C\C/C=C\CCCCCCCCCC(=O)OCCCCCCCCCCCCCC/C=C\CCCCCCCCCCCCCCC(=O)NC(CO)C(O)/C=C/CCCCCCCCCCCCC. The standard InChI is InChI=1S/C69H129NO5/c1-3-5-7-9-11-13-15-17-18-31-35-39-43-47-51-55-59-63-69(74)75-64-60-56-52-48-44-40-36-33-30-28-26-24-22-20-19-21-23-25-27-29-32-34-38-42-46-50-54-58-62-68(73)70-66(65-71)67(72)61-57-53-49-45-41-37-16-14-12-10-8-6-4-2/h11,13,17-20,57,61,66-67,71-72H,3-10,12,14-16,21-56,58-60,62-65H2,1-2H3,(H,70,73)/b13-11-,18-17-,20-19-,61-57+. The Morgan fingerprint density at radius 3 is 1.05 bits per heavy atom. The molecule has 0 spiro atoms. The van der Waals surface area contributed by atoms with Gasteiger partial charge in [-0.2, -0.15) is 0 Å². The van der Waals surface area contributed by atoms with Crippen molar-refractivity contribution in [1.82, 2.24) is 5.32 Å². The van der Waals surface area contributed by atoms with Crippen molar-refractivity contribution in [2.24, 2.45) is 0 Å². The van der Waals surface area contributed by atoms with Crippen LogP contribution in [0.15, 0.2) is 48.6 Å². The number of carbonyl (C=O) groups excluding carboxylic acids is 2. The van der Waals surface area contributed by atoms with Crippen LogP contribution in [0.5, 0.6) is 0 Å². The molecule has 3 N–H and O–H groups in total. The normalized spacial score (nSPS) is 12.9. The number of ether oxygens (including phenoxy) is 1. The third-order valence-corrected chi connectivity index (χ3v) is 15.3. The lowest BCUT2D eigenvalue weighted by Gasteiger charge is -2.20. The molecule has 0 radical (unpaired) electrons. The molecule has 0 aromatic rings. The van der Waals surface area contributed by atoms with Gasteiger partial charge in [-0.25, -0.2) is 0 Å². The van der Waals surface area contributed by atoms with E-state index in [0.717, 1.165) is 51.4 Å². The van der Waals surface area contributed by atoms with Crippen LogP contribution in [0.2, 0.25) is 0 Å². The molecular weight excluding hydrogens is 923 g/mol. The summed E-state index contributed by atoms with van der Waals surface area (Å²) in [5, 5.41) is 23.1. The highest BCUT2D eigenvalue weighted by Gasteiger charge is 2.18. The lowest BCUT2D eigenvalue weighted by molar-refractivity contribution is -0.143. The number of rotatable bonds is 62. The van der Waals surface area contributed by atoms with Gasteiger partial charge in [-0.3, -0.25) is 9.59 Å². The molecular formula is C69H129NO5. The summed E-state index contributed by atoms with van der Waals surface area (Å²) in [7, 11) is 0. The fourth-order valence-electron chi connectivity index (χ4n) is 10.2. The van der Waals surface area contributed by atoms with E-state index in [1.807, 2.05) is 6.08 Å². The summed E-state index contributed by atoms with van der Waals surface area (Å²) in [6.07, 6.45) is 83.2. The quantitative estimate of drug-likeness (QED) is 0.0320. The summed E-state index contributed by atoms with van der Waals surface area (Å²) in [5.41, 5.74) is 0. The van der Waals surface area contributed by atoms with Gasteiger partial charge < -0.3 is 20.3 Å². The fraction of sp³-hybridized carbons (Fsp3) is 0.855. The number of aliphatic hydroxyl groups excluding tert-OH is 2. The second-order valence-corrected chi connectivity index (χ2v) is 22.8. The predicted molar refractivity (Wildman–Crippen MR) is 329 cm³/mol. The summed E-state index contributed by atoms with van der Waals surface area (Å²) in [4.78, 5) is 24.5. The molecule has 0 aliphatic rings. The molecule has 0 aromatic carbocycles. The average Bonchev–Trinajstić information content (AvgIpc) is 3.41. The highest BCUT2D eigenvalue weighted by atomic mass is 16.5. The largest absolute Gasteiger partial charge is 0.466 e. The Morgan fingerprint density at radius 2 is 0.667 bits per heavy atom. The van der Waals surface area contributed by atoms with Crippen molar-refractivity contribution in [3.05, 3.63) is 48.6 Å². The van der Waals surface area contributed by atoms with Crippen LogP contribution in [0.1, 0.15) is 354 Å². The first-order valence-corrected chi connectivity index (χ1v) is 33.4. The number of esters is 1. The van der Waals surface area contributed by atoms with E-state index < -0.39 is 12.1 Å². The van der Waals surface area contributed by atoms with Crippen molar-refractivity contribution in [3.63, 3.8) is 0 Å². The monoisotopic (exact) mass is 1050 g/mol. The molecule has 0 rings (SSSR count). The first kappa shape index (κ1) is 72.8. The van der Waals surface area contributed by atoms with Crippen molar-refractivity contribution < 1.29 is 24.5 Å². The molecule has 0 aromatic heterocycles. The van der Waals surface area contributed by atoms with Crippen molar-refractivity contribution >= 4 is 11.9 Å². The van der Waals surface area contributed by atoms with Crippen molar-refractivity contribution in [2.45, 2.75) is 366 Å². The van der Waals surface area contributed by atoms with E-state index in [-0.39, 0.29) is 18.5 Å². The third-order valence-electron chi connectivity index (χ3n) is 15.3. The van der Waals surface area contributed by atoms with Gasteiger partial charge in [-0.15, -0.1) is 0 Å². The second kappa shape index (κ2) is 64.3. The lowest BCUT2D eigenvalue weighted by atomic mass is 10.0. The highest BCUT2D eigenvalue weighted by molar-refractivity contribution is 5.76. The number of unbranched alkanes of at least 4 members (excludes halogenated alkanes) is 45. The van der Waals surface area contributed by atoms with E-state index in [9.17, 15) is 19.8 Å². The van der Waals surface area contributed by atoms with Gasteiger partial charge in [0.15, 0.2) is 0 Å². The molecule has 2 atom stereocenters. The maximum atomic E-state index is 12.5. The van der Waals surface area contributed by atoms with E-state index in [4.69, 9.17) is 4.74 Å². The summed E-state index contributed by atoms with van der Waals surface area (Å²) >= 11 is 0. The summed E-state index contributed by atoms with van der Waals surface area (Å²) in [6.45, 7) is 4.89. The molecule has 0 aliphatic carbocycles. The number of allylic oxidation sites excluding steroid dienone is 7. The highest BCUT2D eigenvalue weighted by Crippen LogP contribution is 2.17. The van der Waals surface area contributed by atoms with Crippen molar-refractivity contribution in [1.29, 1.82) is 0 Å². The number of hydrogen-bond donors (Lipinski definition) is 3. The van der Waals surface area contributed by atoms with Gasteiger partial charge >= 0.3 is 5.97 Å². The number of nitrogens with one attached hydrogen (secondary N) is 1. The minimum absolute atomic E-state index is 0.00757. The van der Waals surface area contributed by atoms with E-state index in [0.29, 0.717) is 19.4 Å². The topological polar surface area (TPSA) is 95.9 Å². The maximum absolute atomic E-state index is 12.5. The third kappa shape index (κ3) is 60.9. The molecule has 0 fully saturated rings. The number of aliphatic hydroxyl groups is 2. The van der Waals surface area contributed by atoms with Gasteiger partial charge in [-0.05, 0) is 89.9 Å². The second-order valence-electron chi connectivity index (χ2n) is 22.8. The first-order valence-electron chi connectivity index (χ1n) is 33.4. The molecule has 75 heavy (non-hydrogen) atoms. The molecule has 2 unspecified atom stereocenters. The number of amides is 1. The summed E-state index contributed by atoms with van der Waals surface area (Å²) in [5.74, 6) is -0.0600. The molecule has 0 saturated carbocycles. The zero-order valence-corrected chi connectivity index (χ0v) is 50.3. The number of carbonyl (C=O) groups is 2. The smallest absolute Gasteiger partial charge is 0.305 e. The van der Waals surface area contributed by atoms with E-state index in [2.05, 4.69) is 55.6 Å². The van der Waals surface area contributed by atoms with Gasteiger partial charge in [-0.1, -0.05) is 300 Å². The van der Waals surface area contributed by atoms with Crippen LogP contribution >= 0.6 is 0 Å². The summed E-state index contributed by atoms with van der Waals surface area (Å²) in [6, 6.07) is -0.628. The Bertz CT molecular complexity index is 1260. The predicted octanol–water partition coefficient (Wildman–Crippen LogP) is 21.3. The average molecular weight is 1050 g/mol. The zero-order valence-electron chi connectivity index (χ0n) is 50.3. The molecule has 0 bridgehead atoms. The minimum Gasteiger partial charge on any atom is -0.466 e. The molecule has 0 aliphatic heterocycles. The molecule has 440 valence electrons. The lowest BCUT2D eigenvalue weighted by Crippen LogP contribution is -2.45. The van der Waals surface area contributed by atoms with Crippen LogP contribution in [-0.4, -0.2) is 47.4 Å². The van der Waals surface area contributed by atoms with Gasteiger partial charge in [0, 0.05) is 12.8 Å². The minimum atomic E-state index is -0.844. The van der Waals surface area contributed by atoms with Crippen molar-refractivity contribution in [3.8, 4) is 0 Å². The Labute approximate surface area is 467 Å². The Morgan fingerprint density at radius 1 is 0.373 bits per heavy atom. The first-order chi connectivity index (χ1) is 37.0. The van der Waals surface area contributed by atoms with Crippen LogP contribution in [0.3, 0.4) is 0 Å².